The summed E-state index contributed by atoms with van der Waals surface area (Å²) in [6.45, 7) is 5.33. The molecule has 118 valence electrons. The van der Waals surface area contributed by atoms with Crippen molar-refractivity contribution in [1.82, 2.24) is 4.31 Å². The normalized spacial score (nSPS) is 20.4. The van der Waals surface area contributed by atoms with Crippen LogP contribution in [0.2, 0.25) is 0 Å². The van der Waals surface area contributed by atoms with Crippen molar-refractivity contribution in [2.45, 2.75) is 26.7 Å². The third-order valence-electron chi connectivity index (χ3n) is 3.98. The lowest BCUT2D eigenvalue weighted by Crippen LogP contribution is -2.48. The van der Waals surface area contributed by atoms with Gasteiger partial charge in [0.2, 0.25) is 0 Å². The molecule has 1 aliphatic rings. The summed E-state index contributed by atoms with van der Waals surface area (Å²) in [7, 11) is -3.48. The second-order valence-electron chi connectivity index (χ2n) is 5.48. The first kappa shape index (κ1) is 16.6. The first-order valence-electron chi connectivity index (χ1n) is 7.40. The Bertz CT molecular complexity index is 577. The van der Waals surface area contributed by atoms with Gasteiger partial charge in [0, 0.05) is 25.5 Å². The molecule has 1 aromatic carbocycles. The van der Waals surface area contributed by atoms with Gasteiger partial charge in [-0.05, 0) is 44.2 Å². The van der Waals surface area contributed by atoms with Crippen LogP contribution >= 0.6 is 11.6 Å². The number of benzene rings is 1. The van der Waals surface area contributed by atoms with Crippen LogP contribution in [0.1, 0.15) is 25.3 Å². The average molecular weight is 331 g/mol. The van der Waals surface area contributed by atoms with E-state index < -0.39 is 10.2 Å². The Kier molecular flexibility index (Phi) is 5.52. The molecule has 1 atom stereocenters. The molecule has 1 fully saturated rings. The van der Waals surface area contributed by atoms with E-state index in [1.807, 2.05) is 38.1 Å². The lowest BCUT2D eigenvalue weighted by molar-refractivity contribution is 0.283. The largest absolute Gasteiger partial charge is 0.304 e. The Morgan fingerprint density at radius 1 is 1.38 bits per heavy atom. The zero-order chi connectivity index (χ0) is 15.5. The molecule has 0 radical (unpaired) electrons. The molecule has 0 aromatic heterocycles. The van der Waals surface area contributed by atoms with Gasteiger partial charge >= 0.3 is 10.2 Å². The number of hydrogen-bond donors (Lipinski definition) is 0. The molecule has 1 aromatic rings. The van der Waals surface area contributed by atoms with Crippen LogP contribution in [-0.4, -0.2) is 38.2 Å². The quantitative estimate of drug-likeness (QED) is 0.779. The van der Waals surface area contributed by atoms with Crippen molar-refractivity contribution < 1.29 is 8.42 Å². The maximum Gasteiger partial charge on any atom is 0.304 e. The van der Waals surface area contributed by atoms with Crippen LogP contribution in [0.3, 0.4) is 0 Å². The van der Waals surface area contributed by atoms with E-state index in [-0.39, 0.29) is 5.92 Å². The molecule has 0 bridgehead atoms. The minimum absolute atomic E-state index is 0.255. The third-order valence-corrected chi connectivity index (χ3v) is 6.41. The van der Waals surface area contributed by atoms with Crippen LogP contribution in [0, 0.1) is 12.8 Å². The maximum atomic E-state index is 12.9. The van der Waals surface area contributed by atoms with Crippen LogP contribution in [0.5, 0.6) is 0 Å². The fourth-order valence-corrected chi connectivity index (χ4v) is 4.87. The molecular formula is C15H23ClN2O2S. The van der Waals surface area contributed by atoms with Crippen LogP contribution in [0.15, 0.2) is 24.3 Å². The van der Waals surface area contributed by atoms with Crippen LogP contribution < -0.4 is 4.31 Å². The number of para-hydroxylation sites is 1. The smallest absolute Gasteiger partial charge is 0.258 e. The summed E-state index contributed by atoms with van der Waals surface area (Å²) in [6.07, 6.45) is 1.88. The number of hydrogen-bond acceptors (Lipinski definition) is 2. The molecule has 0 spiro atoms. The second-order valence-corrected chi connectivity index (χ2v) is 7.64. The summed E-state index contributed by atoms with van der Waals surface area (Å²) in [6, 6.07) is 7.59. The van der Waals surface area contributed by atoms with Crippen molar-refractivity contribution >= 4 is 27.5 Å². The van der Waals surface area contributed by atoms with Gasteiger partial charge < -0.3 is 0 Å². The number of rotatable bonds is 5. The zero-order valence-corrected chi connectivity index (χ0v) is 14.2. The molecule has 4 nitrogen and oxygen atoms in total. The molecule has 6 heteroatoms. The molecule has 1 unspecified atom stereocenters. The van der Waals surface area contributed by atoms with Gasteiger partial charge in [0.25, 0.3) is 0 Å². The number of anilines is 1. The minimum Gasteiger partial charge on any atom is -0.258 e. The highest BCUT2D eigenvalue weighted by molar-refractivity contribution is 7.90. The highest BCUT2D eigenvalue weighted by Gasteiger charge is 2.33. The van der Waals surface area contributed by atoms with Gasteiger partial charge in [-0.15, -0.1) is 11.6 Å². The zero-order valence-electron chi connectivity index (χ0n) is 12.6. The van der Waals surface area contributed by atoms with Gasteiger partial charge in [-0.25, -0.2) is 0 Å². The molecule has 0 amide bonds. The standard InChI is InChI=1S/C15H23ClN2O2S/c1-3-18(15-9-5-4-7-13(15)2)21(19,20)17-10-6-8-14(11-16)12-17/h4-5,7,9,14H,3,6,8,10-12H2,1-2H3. The van der Waals surface area contributed by atoms with Gasteiger partial charge in [-0.1, -0.05) is 18.2 Å². The molecule has 1 aliphatic heterocycles. The van der Waals surface area contributed by atoms with Crippen molar-refractivity contribution in [3.8, 4) is 0 Å². The maximum absolute atomic E-state index is 12.9. The fraction of sp³-hybridized carbons (Fsp3) is 0.600. The SMILES string of the molecule is CCN(c1ccccc1C)S(=O)(=O)N1CCCC(CCl)C1. The van der Waals surface area contributed by atoms with E-state index in [0.717, 1.165) is 24.1 Å². The summed E-state index contributed by atoms with van der Waals surface area (Å²) in [5.41, 5.74) is 1.72. The van der Waals surface area contributed by atoms with Gasteiger partial charge in [-0.3, -0.25) is 4.31 Å². The van der Waals surface area contributed by atoms with Gasteiger partial charge in [-0.2, -0.15) is 12.7 Å². The minimum atomic E-state index is -3.48. The summed E-state index contributed by atoms with van der Waals surface area (Å²) in [5, 5.41) is 0. The number of halogens is 1. The summed E-state index contributed by atoms with van der Waals surface area (Å²) in [5.74, 6) is 0.772. The highest BCUT2D eigenvalue weighted by atomic mass is 35.5. The Morgan fingerprint density at radius 2 is 2.10 bits per heavy atom. The van der Waals surface area contributed by atoms with E-state index in [0.29, 0.717) is 25.5 Å². The number of alkyl halides is 1. The molecule has 2 rings (SSSR count). The van der Waals surface area contributed by atoms with Crippen molar-refractivity contribution in [1.29, 1.82) is 0 Å². The Labute approximate surface area is 132 Å². The van der Waals surface area contributed by atoms with Gasteiger partial charge in [0.05, 0.1) is 5.69 Å². The molecular weight excluding hydrogens is 308 g/mol. The molecule has 0 N–H and O–H groups in total. The van der Waals surface area contributed by atoms with Crippen molar-refractivity contribution in [3.05, 3.63) is 29.8 Å². The molecule has 1 heterocycles. The van der Waals surface area contributed by atoms with Gasteiger partial charge in [0.1, 0.15) is 0 Å². The molecule has 1 saturated heterocycles. The summed E-state index contributed by atoms with van der Waals surface area (Å²) < 4.78 is 29.0. The van der Waals surface area contributed by atoms with E-state index in [9.17, 15) is 8.42 Å². The number of aryl methyl sites for hydroxylation is 1. The monoisotopic (exact) mass is 330 g/mol. The highest BCUT2D eigenvalue weighted by Crippen LogP contribution is 2.27. The number of nitrogens with zero attached hydrogens (tertiary/aromatic N) is 2. The van der Waals surface area contributed by atoms with Crippen LogP contribution in [-0.2, 0) is 10.2 Å². The Balaban J connectivity index is 2.30. The van der Waals surface area contributed by atoms with Crippen LogP contribution in [0.4, 0.5) is 5.69 Å². The predicted molar refractivity (Wildman–Crippen MR) is 88.1 cm³/mol. The lowest BCUT2D eigenvalue weighted by Gasteiger charge is -2.35. The molecule has 21 heavy (non-hydrogen) atoms. The first-order chi connectivity index (χ1) is 10.0. The summed E-state index contributed by atoms with van der Waals surface area (Å²) in [4.78, 5) is 0. The molecule has 0 saturated carbocycles. The van der Waals surface area contributed by atoms with E-state index >= 15 is 0 Å². The topological polar surface area (TPSA) is 40.6 Å². The second kappa shape index (κ2) is 6.99. The van der Waals surface area contributed by atoms with E-state index in [2.05, 4.69) is 0 Å². The van der Waals surface area contributed by atoms with Crippen LogP contribution in [0.25, 0.3) is 0 Å². The van der Waals surface area contributed by atoms with E-state index in [1.54, 1.807) is 4.31 Å². The first-order valence-corrected chi connectivity index (χ1v) is 9.33. The van der Waals surface area contributed by atoms with Gasteiger partial charge in [0.15, 0.2) is 0 Å². The van der Waals surface area contributed by atoms with Crippen molar-refractivity contribution in [2.24, 2.45) is 5.92 Å². The third kappa shape index (κ3) is 3.52. The lowest BCUT2D eigenvalue weighted by atomic mass is 10.0. The van der Waals surface area contributed by atoms with Crippen molar-refractivity contribution in [2.75, 3.05) is 29.8 Å². The average Bonchev–Trinajstić information content (AvgIpc) is 2.50. The molecule has 0 aliphatic carbocycles. The van der Waals surface area contributed by atoms with E-state index in [4.69, 9.17) is 11.6 Å². The number of piperidine rings is 1. The van der Waals surface area contributed by atoms with E-state index in [1.165, 1.54) is 4.31 Å². The summed E-state index contributed by atoms with van der Waals surface area (Å²) >= 11 is 5.92. The Morgan fingerprint density at radius 3 is 2.71 bits per heavy atom. The van der Waals surface area contributed by atoms with Crippen molar-refractivity contribution in [3.63, 3.8) is 0 Å². The fourth-order valence-electron chi connectivity index (χ4n) is 2.80. The predicted octanol–water partition coefficient (Wildman–Crippen LogP) is 3.02. The Hall–Kier alpha value is -0.780.